The summed E-state index contributed by atoms with van der Waals surface area (Å²) in [5.74, 6) is 1.85. The van der Waals surface area contributed by atoms with Gasteiger partial charge in [-0.3, -0.25) is 9.69 Å². The molecule has 1 amide bonds. The minimum absolute atomic E-state index is 0.243. The van der Waals surface area contributed by atoms with Gasteiger partial charge in [-0.15, -0.1) is 0 Å². The van der Waals surface area contributed by atoms with Gasteiger partial charge in [0.05, 0.1) is 13.7 Å². The molecule has 0 spiro atoms. The lowest BCUT2D eigenvalue weighted by Gasteiger charge is -2.31. The molecule has 116 valence electrons. The van der Waals surface area contributed by atoms with Gasteiger partial charge in [-0.1, -0.05) is 19.1 Å². The molecule has 1 fully saturated rings. The summed E-state index contributed by atoms with van der Waals surface area (Å²) in [7, 11) is 3.66. The summed E-state index contributed by atoms with van der Waals surface area (Å²) in [6.45, 7) is 5.31. The maximum Gasteiger partial charge on any atom is 0.236 e. The first kappa shape index (κ1) is 15.8. The Kier molecular flexibility index (Phi) is 5.62. The van der Waals surface area contributed by atoms with Gasteiger partial charge in [0.1, 0.15) is 5.75 Å². The van der Waals surface area contributed by atoms with Crippen LogP contribution in [0.4, 0.5) is 0 Å². The van der Waals surface area contributed by atoms with Crippen LogP contribution in [-0.2, 0) is 11.3 Å². The van der Waals surface area contributed by atoms with Crippen molar-refractivity contribution in [3.8, 4) is 5.75 Å². The van der Waals surface area contributed by atoms with Gasteiger partial charge in [0.2, 0.25) is 5.91 Å². The first-order chi connectivity index (χ1) is 10.1. The van der Waals surface area contributed by atoms with Crippen molar-refractivity contribution in [3.05, 3.63) is 29.8 Å². The molecule has 1 aliphatic rings. The van der Waals surface area contributed by atoms with Gasteiger partial charge in [-0.05, 0) is 43.5 Å². The van der Waals surface area contributed by atoms with Crippen LogP contribution in [0.2, 0.25) is 0 Å². The fourth-order valence-corrected chi connectivity index (χ4v) is 2.73. The molecule has 0 aliphatic carbocycles. The van der Waals surface area contributed by atoms with E-state index in [0.717, 1.165) is 49.7 Å². The lowest BCUT2D eigenvalue weighted by Crippen LogP contribution is -2.42. The van der Waals surface area contributed by atoms with E-state index in [1.165, 1.54) is 0 Å². The third-order valence-corrected chi connectivity index (χ3v) is 4.13. The van der Waals surface area contributed by atoms with Crippen LogP contribution in [0, 0.1) is 5.92 Å². The number of rotatable bonds is 5. The number of carbonyl (C=O) groups excluding carboxylic acids is 1. The van der Waals surface area contributed by atoms with Crippen molar-refractivity contribution in [1.29, 1.82) is 0 Å². The number of carbonyl (C=O) groups is 1. The number of hydrogen-bond acceptors (Lipinski definition) is 3. The molecule has 1 heterocycles. The summed E-state index contributed by atoms with van der Waals surface area (Å²) in [5, 5.41) is 0. The Morgan fingerprint density at radius 1 is 1.38 bits per heavy atom. The van der Waals surface area contributed by atoms with Crippen LogP contribution in [0.5, 0.6) is 5.75 Å². The van der Waals surface area contributed by atoms with Crippen molar-refractivity contribution in [3.63, 3.8) is 0 Å². The molecular formula is C17H26N2O2. The first-order valence-electron chi connectivity index (χ1n) is 7.67. The minimum Gasteiger partial charge on any atom is -0.497 e. The van der Waals surface area contributed by atoms with Crippen LogP contribution in [0.15, 0.2) is 24.3 Å². The van der Waals surface area contributed by atoms with Crippen LogP contribution < -0.4 is 4.74 Å². The second kappa shape index (κ2) is 7.46. The van der Waals surface area contributed by atoms with E-state index in [1.54, 1.807) is 7.11 Å². The normalized spacial score (nSPS) is 16.3. The number of nitrogens with zero attached hydrogens (tertiary/aromatic N) is 2. The van der Waals surface area contributed by atoms with E-state index in [2.05, 4.69) is 17.9 Å². The highest BCUT2D eigenvalue weighted by atomic mass is 16.5. The van der Waals surface area contributed by atoms with Gasteiger partial charge in [-0.2, -0.15) is 0 Å². The first-order valence-corrected chi connectivity index (χ1v) is 7.67. The topological polar surface area (TPSA) is 32.8 Å². The summed E-state index contributed by atoms with van der Waals surface area (Å²) in [6.07, 6.45) is 2.26. The van der Waals surface area contributed by atoms with Crippen LogP contribution >= 0.6 is 0 Å². The van der Waals surface area contributed by atoms with Crippen molar-refractivity contribution < 1.29 is 9.53 Å². The molecule has 0 unspecified atom stereocenters. The van der Waals surface area contributed by atoms with Gasteiger partial charge in [0, 0.05) is 19.6 Å². The quantitative estimate of drug-likeness (QED) is 0.835. The lowest BCUT2D eigenvalue weighted by molar-refractivity contribution is -0.133. The van der Waals surface area contributed by atoms with Gasteiger partial charge >= 0.3 is 0 Å². The third kappa shape index (κ3) is 4.74. The Labute approximate surface area is 127 Å². The highest BCUT2D eigenvalue weighted by molar-refractivity contribution is 5.78. The fraction of sp³-hybridized carbons (Fsp3) is 0.588. The van der Waals surface area contributed by atoms with E-state index in [9.17, 15) is 4.79 Å². The standard InChI is InChI=1S/C17H26N2O2/c1-14-7-9-19(10-8-14)17(20)13-18(2)12-15-5-4-6-16(11-15)21-3/h4-6,11,14H,7-10,12-13H2,1-3H3. The Morgan fingerprint density at radius 2 is 2.10 bits per heavy atom. The molecule has 0 radical (unpaired) electrons. The van der Waals surface area contributed by atoms with Crippen molar-refractivity contribution in [1.82, 2.24) is 9.80 Å². The average molecular weight is 290 g/mol. The number of amides is 1. The SMILES string of the molecule is COc1cccc(CN(C)CC(=O)N2CCC(C)CC2)c1. The van der Waals surface area contributed by atoms with Crippen molar-refractivity contribution in [2.75, 3.05) is 33.8 Å². The van der Waals surface area contributed by atoms with Crippen LogP contribution in [0.3, 0.4) is 0 Å². The summed E-state index contributed by atoms with van der Waals surface area (Å²) < 4.78 is 5.23. The molecular weight excluding hydrogens is 264 g/mol. The minimum atomic E-state index is 0.243. The Hall–Kier alpha value is -1.55. The Bertz CT molecular complexity index is 468. The molecule has 0 bridgehead atoms. The maximum absolute atomic E-state index is 12.3. The highest BCUT2D eigenvalue weighted by Gasteiger charge is 2.21. The number of hydrogen-bond donors (Lipinski definition) is 0. The molecule has 0 aromatic heterocycles. The smallest absolute Gasteiger partial charge is 0.236 e. The van der Waals surface area contributed by atoms with Crippen LogP contribution in [-0.4, -0.2) is 49.5 Å². The zero-order valence-corrected chi connectivity index (χ0v) is 13.3. The van der Waals surface area contributed by atoms with E-state index < -0.39 is 0 Å². The molecule has 1 saturated heterocycles. The number of likely N-dealkylation sites (N-methyl/N-ethyl adjacent to an activating group) is 1. The van der Waals surface area contributed by atoms with E-state index >= 15 is 0 Å². The molecule has 0 atom stereocenters. The molecule has 1 aliphatic heterocycles. The number of piperidine rings is 1. The average Bonchev–Trinajstić information content (AvgIpc) is 2.47. The van der Waals surface area contributed by atoms with Crippen molar-refractivity contribution in [2.45, 2.75) is 26.3 Å². The number of benzene rings is 1. The second-order valence-corrected chi connectivity index (χ2v) is 6.09. The molecule has 0 N–H and O–H groups in total. The zero-order chi connectivity index (χ0) is 15.2. The van der Waals surface area contributed by atoms with Crippen molar-refractivity contribution in [2.24, 2.45) is 5.92 Å². The largest absolute Gasteiger partial charge is 0.497 e. The maximum atomic E-state index is 12.3. The summed E-state index contributed by atoms with van der Waals surface area (Å²) in [5.41, 5.74) is 1.16. The van der Waals surface area contributed by atoms with Gasteiger partial charge in [-0.25, -0.2) is 0 Å². The molecule has 21 heavy (non-hydrogen) atoms. The van der Waals surface area contributed by atoms with Crippen LogP contribution in [0.1, 0.15) is 25.3 Å². The number of ether oxygens (including phenoxy) is 1. The number of methoxy groups -OCH3 is 1. The van der Waals surface area contributed by atoms with Gasteiger partial charge < -0.3 is 9.64 Å². The van der Waals surface area contributed by atoms with E-state index in [1.807, 2.05) is 30.1 Å². The zero-order valence-electron chi connectivity index (χ0n) is 13.3. The fourth-order valence-electron chi connectivity index (χ4n) is 2.73. The molecule has 0 saturated carbocycles. The highest BCUT2D eigenvalue weighted by Crippen LogP contribution is 2.17. The molecule has 4 heteroatoms. The predicted molar refractivity (Wildman–Crippen MR) is 84.3 cm³/mol. The summed E-state index contributed by atoms with van der Waals surface area (Å²) in [6, 6.07) is 8.00. The molecule has 1 aromatic rings. The number of likely N-dealkylation sites (tertiary alicyclic amines) is 1. The predicted octanol–water partition coefficient (Wildman–Crippen LogP) is 2.39. The Morgan fingerprint density at radius 3 is 2.76 bits per heavy atom. The third-order valence-electron chi connectivity index (χ3n) is 4.13. The van der Waals surface area contributed by atoms with E-state index in [-0.39, 0.29) is 5.91 Å². The Balaban J connectivity index is 1.83. The van der Waals surface area contributed by atoms with Crippen LogP contribution in [0.25, 0.3) is 0 Å². The summed E-state index contributed by atoms with van der Waals surface area (Å²) in [4.78, 5) is 16.4. The summed E-state index contributed by atoms with van der Waals surface area (Å²) >= 11 is 0. The monoisotopic (exact) mass is 290 g/mol. The van der Waals surface area contributed by atoms with Gasteiger partial charge in [0.25, 0.3) is 0 Å². The molecule has 4 nitrogen and oxygen atoms in total. The lowest BCUT2D eigenvalue weighted by atomic mass is 9.99. The molecule has 1 aromatic carbocycles. The van der Waals surface area contributed by atoms with E-state index in [4.69, 9.17) is 4.74 Å². The molecule has 2 rings (SSSR count). The van der Waals surface area contributed by atoms with Crippen molar-refractivity contribution >= 4 is 5.91 Å². The van der Waals surface area contributed by atoms with Gasteiger partial charge in [0.15, 0.2) is 0 Å². The van der Waals surface area contributed by atoms with E-state index in [0.29, 0.717) is 6.54 Å². The second-order valence-electron chi connectivity index (χ2n) is 6.09.